The molecule has 2 aliphatic rings. The molecule has 0 aliphatic carbocycles. The van der Waals surface area contributed by atoms with Gasteiger partial charge < -0.3 is 15.3 Å². The van der Waals surface area contributed by atoms with Crippen molar-refractivity contribution in [3.05, 3.63) is 29.8 Å². The van der Waals surface area contributed by atoms with Crippen LogP contribution in [0.25, 0.3) is 0 Å². The van der Waals surface area contributed by atoms with Gasteiger partial charge in [0.25, 0.3) is 0 Å². The molecular weight excluding hydrogens is 240 g/mol. The van der Waals surface area contributed by atoms with E-state index >= 15 is 0 Å². The number of nitrogens with zero attached hydrogens (tertiary/aromatic N) is 1. The van der Waals surface area contributed by atoms with Gasteiger partial charge in [0.15, 0.2) is 0 Å². The number of rotatable bonds is 1. The molecule has 1 aromatic carbocycles. The Labute approximate surface area is 113 Å². The van der Waals surface area contributed by atoms with Crippen LogP contribution in [-0.2, 0) is 11.2 Å². The van der Waals surface area contributed by atoms with Gasteiger partial charge >= 0.3 is 0 Å². The standard InChI is InChI=1S/C15H20N2O2/c1-10-13(15(19)17-7-6-12(18)9-17)8-11-4-2-3-5-14(11)16-10/h2-5,10,12-13,16,18H,6-9H2,1H3. The molecule has 0 spiro atoms. The molecule has 0 bridgehead atoms. The van der Waals surface area contributed by atoms with E-state index in [0.29, 0.717) is 19.5 Å². The van der Waals surface area contributed by atoms with Crippen molar-refractivity contribution < 1.29 is 9.90 Å². The van der Waals surface area contributed by atoms with Gasteiger partial charge in [0.1, 0.15) is 0 Å². The Morgan fingerprint density at radius 2 is 2.21 bits per heavy atom. The summed E-state index contributed by atoms with van der Waals surface area (Å²) in [5, 5.41) is 13.0. The van der Waals surface area contributed by atoms with E-state index in [9.17, 15) is 9.90 Å². The Morgan fingerprint density at radius 1 is 1.42 bits per heavy atom. The van der Waals surface area contributed by atoms with E-state index < -0.39 is 0 Å². The molecule has 2 aliphatic heterocycles. The van der Waals surface area contributed by atoms with Gasteiger partial charge in [-0.15, -0.1) is 0 Å². The highest BCUT2D eigenvalue weighted by Crippen LogP contribution is 2.30. The second-order valence-electron chi connectivity index (χ2n) is 5.63. The predicted molar refractivity (Wildman–Crippen MR) is 73.9 cm³/mol. The van der Waals surface area contributed by atoms with Crippen LogP contribution in [0.2, 0.25) is 0 Å². The van der Waals surface area contributed by atoms with E-state index in [1.54, 1.807) is 4.90 Å². The number of nitrogens with one attached hydrogen (secondary N) is 1. The summed E-state index contributed by atoms with van der Waals surface area (Å²) < 4.78 is 0. The van der Waals surface area contributed by atoms with E-state index in [1.165, 1.54) is 5.56 Å². The molecule has 19 heavy (non-hydrogen) atoms. The monoisotopic (exact) mass is 260 g/mol. The molecule has 3 unspecified atom stereocenters. The van der Waals surface area contributed by atoms with Crippen molar-refractivity contribution in [1.82, 2.24) is 4.90 Å². The Balaban J connectivity index is 1.77. The first-order valence-corrected chi connectivity index (χ1v) is 6.96. The van der Waals surface area contributed by atoms with Gasteiger partial charge in [-0.2, -0.15) is 0 Å². The molecule has 4 heteroatoms. The zero-order valence-corrected chi connectivity index (χ0v) is 11.2. The number of benzene rings is 1. The highest BCUT2D eigenvalue weighted by Gasteiger charge is 2.35. The number of aliphatic hydroxyl groups excluding tert-OH is 1. The molecule has 0 saturated carbocycles. The second kappa shape index (κ2) is 4.85. The van der Waals surface area contributed by atoms with E-state index in [-0.39, 0.29) is 24.0 Å². The molecule has 1 aromatic rings. The van der Waals surface area contributed by atoms with Crippen molar-refractivity contribution in [3.8, 4) is 0 Å². The van der Waals surface area contributed by atoms with Gasteiger partial charge in [-0.1, -0.05) is 18.2 Å². The van der Waals surface area contributed by atoms with Crippen molar-refractivity contribution >= 4 is 11.6 Å². The smallest absolute Gasteiger partial charge is 0.228 e. The van der Waals surface area contributed by atoms with Crippen molar-refractivity contribution in [2.24, 2.45) is 5.92 Å². The maximum absolute atomic E-state index is 12.5. The van der Waals surface area contributed by atoms with Crippen molar-refractivity contribution in [1.29, 1.82) is 0 Å². The number of β-amino-alcohol motifs (C(OH)–C–C–N with tert-alkyl or cyclic N) is 1. The lowest BCUT2D eigenvalue weighted by atomic mass is 9.87. The lowest BCUT2D eigenvalue weighted by Gasteiger charge is -2.34. The molecule has 1 amide bonds. The van der Waals surface area contributed by atoms with Crippen LogP contribution >= 0.6 is 0 Å². The van der Waals surface area contributed by atoms with Gasteiger partial charge in [0.2, 0.25) is 5.91 Å². The first kappa shape index (κ1) is 12.5. The lowest BCUT2D eigenvalue weighted by Crippen LogP contribution is -2.45. The second-order valence-corrected chi connectivity index (χ2v) is 5.63. The number of aliphatic hydroxyl groups is 1. The van der Waals surface area contributed by atoms with Crippen molar-refractivity contribution in [2.45, 2.75) is 31.9 Å². The Kier molecular flexibility index (Phi) is 3.19. The highest BCUT2D eigenvalue weighted by molar-refractivity contribution is 5.82. The molecule has 3 rings (SSSR count). The summed E-state index contributed by atoms with van der Waals surface area (Å²) >= 11 is 0. The minimum Gasteiger partial charge on any atom is -0.391 e. The number of carbonyl (C=O) groups is 1. The Morgan fingerprint density at radius 3 is 2.95 bits per heavy atom. The van der Waals surface area contributed by atoms with Crippen molar-refractivity contribution in [2.75, 3.05) is 18.4 Å². The summed E-state index contributed by atoms with van der Waals surface area (Å²) in [7, 11) is 0. The Bertz CT molecular complexity index is 489. The molecule has 2 heterocycles. The fraction of sp³-hybridized carbons (Fsp3) is 0.533. The number of hydrogen-bond donors (Lipinski definition) is 2. The van der Waals surface area contributed by atoms with Gasteiger partial charge in [0, 0.05) is 24.8 Å². The van der Waals surface area contributed by atoms with Crippen LogP contribution in [0.15, 0.2) is 24.3 Å². The topological polar surface area (TPSA) is 52.6 Å². The van der Waals surface area contributed by atoms with Gasteiger partial charge in [-0.3, -0.25) is 4.79 Å². The van der Waals surface area contributed by atoms with Crippen LogP contribution in [0, 0.1) is 5.92 Å². The van der Waals surface area contributed by atoms with E-state index in [0.717, 1.165) is 12.1 Å². The minimum absolute atomic E-state index is 0.0276. The third kappa shape index (κ3) is 2.32. The number of anilines is 1. The zero-order chi connectivity index (χ0) is 13.4. The predicted octanol–water partition coefficient (Wildman–Crippen LogP) is 1.25. The van der Waals surface area contributed by atoms with E-state index in [1.807, 2.05) is 12.1 Å². The zero-order valence-electron chi connectivity index (χ0n) is 11.2. The molecule has 2 N–H and O–H groups in total. The first-order chi connectivity index (χ1) is 9.15. The summed E-state index contributed by atoms with van der Waals surface area (Å²) in [6, 6.07) is 8.30. The third-order valence-electron chi connectivity index (χ3n) is 4.24. The Hall–Kier alpha value is -1.55. The summed E-state index contributed by atoms with van der Waals surface area (Å²) in [5.41, 5.74) is 2.35. The molecular formula is C15H20N2O2. The molecule has 3 atom stereocenters. The normalized spacial score (nSPS) is 29.8. The van der Waals surface area contributed by atoms with Crippen molar-refractivity contribution in [3.63, 3.8) is 0 Å². The number of carbonyl (C=O) groups excluding carboxylic acids is 1. The molecule has 1 saturated heterocycles. The van der Waals surface area contributed by atoms with Crippen LogP contribution in [0.5, 0.6) is 0 Å². The fourth-order valence-electron chi connectivity index (χ4n) is 3.08. The summed E-state index contributed by atoms with van der Waals surface area (Å²) in [6.45, 7) is 3.24. The maximum atomic E-state index is 12.5. The van der Waals surface area contributed by atoms with Crippen LogP contribution in [0.1, 0.15) is 18.9 Å². The van der Waals surface area contributed by atoms with Crippen LogP contribution in [0.4, 0.5) is 5.69 Å². The van der Waals surface area contributed by atoms with Crippen LogP contribution in [0.3, 0.4) is 0 Å². The number of para-hydroxylation sites is 1. The molecule has 102 valence electrons. The molecule has 0 radical (unpaired) electrons. The molecule has 0 aromatic heterocycles. The minimum atomic E-state index is -0.344. The lowest BCUT2D eigenvalue weighted by molar-refractivity contribution is -0.135. The van der Waals surface area contributed by atoms with E-state index in [2.05, 4.69) is 24.4 Å². The largest absolute Gasteiger partial charge is 0.391 e. The summed E-state index contributed by atoms with van der Waals surface area (Å²) in [4.78, 5) is 14.3. The highest BCUT2D eigenvalue weighted by atomic mass is 16.3. The van der Waals surface area contributed by atoms with Gasteiger partial charge in [0.05, 0.1) is 12.0 Å². The third-order valence-corrected chi connectivity index (χ3v) is 4.24. The average molecular weight is 260 g/mol. The van der Waals surface area contributed by atoms with Gasteiger partial charge in [-0.25, -0.2) is 0 Å². The number of fused-ring (bicyclic) bond motifs is 1. The number of amides is 1. The van der Waals surface area contributed by atoms with Gasteiger partial charge in [-0.05, 0) is 31.4 Å². The summed E-state index contributed by atoms with van der Waals surface area (Å²) in [6.07, 6.45) is 1.15. The quantitative estimate of drug-likeness (QED) is 0.799. The first-order valence-electron chi connectivity index (χ1n) is 6.96. The SMILES string of the molecule is CC1Nc2ccccc2CC1C(=O)N1CCC(O)C1. The fourth-order valence-corrected chi connectivity index (χ4v) is 3.08. The van der Waals surface area contributed by atoms with Crippen LogP contribution < -0.4 is 5.32 Å². The maximum Gasteiger partial charge on any atom is 0.228 e. The number of hydrogen-bond acceptors (Lipinski definition) is 3. The molecule has 4 nitrogen and oxygen atoms in total. The van der Waals surface area contributed by atoms with Crippen LogP contribution in [-0.4, -0.2) is 41.1 Å². The average Bonchev–Trinajstić information content (AvgIpc) is 2.84. The molecule has 1 fully saturated rings. The number of likely N-dealkylation sites (tertiary alicyclic amines) is 1. The summed E-state index contributed by atoms with van der Waals surface area (Å²) in [5.74, 6) is 0.145. The van der Waals surface area contributed by atoms with E-state index in [4.69, 9.17) is 0 Å².